The number of fused-ring (bicyclic) bond motifs is 1. The summed E-state index contributed by atoms with van der Waals surface area (Å²) >= 11 is 1.59. The zero-order chi connectivity index (χ0) is 19.2. The van der Waals surface area contributed by atoms with E-state index in [2.05, 4.69) is 53.8 Å². The molecule has 4 heteroatoms. The smallest absolute Gasteiger partial charge is 0.120 e. The summed E-state index contributed by atoms with van der Waals surface area (Å²) in [6, 6.07) is 24.9. The number of benzene rings is 3. The molecule has 1 heterocycles. The highest BCUT2D eigenvalue weighted by Crippen LogP contribution is 2.31. The summed E-state index contributed by atoms with van der Waals surface area (Å²) < 4.78 is 5.90. The number of ether oxygens (including phenoxy) is 1. The fraction of sp³-hybridized carbons (Fsp3) is 0.167. The maximum Gasteiger partial charge on any atom is 0.120 e. The molecule has 142 valence electrons. The van der Waals surface area contributed by atoms with Gasteiger partial charge in [-0.15, -0.1) is 11.3 Å². The van der Waals surface area contributed by atoms with Gasteiger partial charge in [-0.25, -0.2) is 0 Å². The maximum absolute atomic E-state index is 9.56. The number of hydrogen-bond acceptors (Lipinski definition) is 4. The molecule has 0 aliphatic rings. The van der Waals surface area contributed by atoms with Gasteiger partial charge in [-0.1, -0.05) is 54.6 Å². The monoisotopic (exact) mass is 389 g/mol. The van der Waals surface area contributed by atoms with Gasteiger partial charge in [0.05, 0.1) is 6.61 Å². The summed E-state index contributed by atoms with van der Waals surface area (Å²) in [5.74, 6) is 0.895. The number of hydrogen-bond donors (Lipinski definition) is 2. The number of thiophene rings is 1. The minimum Gasteiger partial charge on any atom is -0.492 e. The Bertz CT molecular complexity index is 1060. The lowest BCUT2D eigenvalue weighted by Crippen LogP contribution is -2.21. The van der Waals surface area contributed by atoms with Gasteiger partial charge in [0.15, 0.2) is 0 Å². The molecule has 0 aliphatic carbocycles. The summed E-state index contributed by atoms with van der Waals surface area (Å²) in [4.78, 5) is 1.01. The molecule has 0 atom stereocenters. The Morgan fingerprint density at radius 3 is 2.57 bits per heavy atom. The van der Waals surface area contributed by atoms with Crippen molar-refractivity contribution < 1.29 is 9.84 Å². The van der Waals surface area contributed by atoms with Gasteiger partial charge >= 0.3 is 0 Å². The van der Waals surface area contributed by atoms with Crippen molar-refractivity contribution in [1.29, 1.82) is 0 Å². The van der Waals surface area contributed by atoms with E-state index in [0.717, 1.165) is 29.3 Å². The zero-order valence-electron chi connectivity index (χ0n) is 15.6. The third kappa shape index (κ3) is 4.25. The van der Waals surface area contributed by atoms with Crippen LogP contribution in [0.25, 0.3) is 21.9 Å². The van der Waals surface area contributed by atoms with E-state index in [1.807, 2.05) is 29.6 Å². The van der Waals surface area contributed by atoms with E-state index in [-0.39, 0.29) is 6.61 Å². The molecule has 3 aromatic carbocycles. The molecule has 3 nitrogen and oxygen atoms in total. The molecule has 0 saturated heterocycles. The molecule has 4 rings (SSSR count). The van der Waals surface area contributed by atoms with E-state index in [0.29, 0.717) is 6.61 Å². The predicted octanol–water partition coefficient (Wildman–Crippen LogP) is 5.23. The second-order valence-corrected chi connectivity index (χ2v) is 7.61. The van der Waals surface area contributed by atoms with Crippen LogP contribution in [0.1, 0.15) is 10.4 Å². The predicted molar refractivity (Wildman–Crippen MR) is 117 cm³/mol. The SMILES string of the molecule is OCc1sccc1-c1ccccc1CNCCOc1ccc2ccccc2c1. The van der Waals surface area contributed by atoms with Crippen LogP contribution in [0.2, 0.25) is 0 Å². The Morgan fingerprint density at radius 1 is 0.857 bits per heavy atom. The van der Waals surface area contributed by atoms with Crippen LogP contribution < -0.4 is 10.1 Å². The van der Waals surface area contributed by atoms with Gasteiger partial charge < -0.3 is 15.2 Å². The number of aliphatic hydroxyl groups is 1. The van der Waals surface area contributed by atoms with Crippen LogP contribution in [0.4, 0.5) is 0 Å². The first-order valence-electron chi connectivity index (χ1n) is 9.43. The number of rotatable bonds is 8. The summed E-state index contributed by atoms with van der Waals surface area (Å²) in [6.45, 7) is 2.21. The van der Waals surface area contributed by atoms with Gasteiger partial charge in [-0.3, -0.25) is 0 Å². The molecule has 0 fully saturated rings. The quantitative estimate of drug-likeness (QED) is 0.406. The van der Waals surface area contributed by atoms with Crippen molar-refractivity contribution in [2.24, 2.45) is 0 Å². The third-order valence-electron chi connectivity index (χ3n) is 4.78. The van der Waals surface area contributed by atoms with Crippen LogP contribution in [-0.2, 0) is 13.2 Å². The number of aliphatic hydroxyl groups excluding tert-OH is 1. The lowest BCUT2D eigenvalue weighted by Gasteiger charge is -2.12. The second kappa shape index (κ2) is 9.02. The van der Waals surface area contributed by atoms with Crippen LogP contribution in [0.5, 0.6) is 5.75 Å². The molecule has 0 radical (unpaired) electrons. The molecule has 0 spiro atoms. The summed E-state index contributed by atoms with van der Waals surface area (Å²) in [5.41, 5.74) is 3.52. The first-order valence-corrected chi connectivity index (χ1v) is 10.3. The molecule has 0 amide bonds. The molecule has 2 N–H and O–H groups in total. The summed E-state index contributed by atoms with van der Waals surface area (Å²) in [6.07, 6.45) is 0. The average molecular weight is 390 g/mol. The molecule has 28 heavy (non-hydrogen) atoms. The van der Waals surface area contributed by atoms with E-state index in [4.69, 9.17) is 4.74 Å². The van der Waals surface area contributed by atoms with E-state index in [9.17, 15) is 5.11 Å². The maximum atomic E-state index is 9.56. The fourth-order valence-electron chi connectivity index (χ4n) is 3.36. The van der Waals surface area contributed by atoms with Crippen LogP contribution in [0, 0.1) is 0 Å². The van der Waals surface area contributed by atoms with Gasteiger partial charge in [0, 0.05) is 18.0 Å². The molecular weight excluding hydrogens is 366 g/mol. The Morgan fingerprint density at radius 2 is 1.68 bits per heavy atom. The Kier molecular flexibility index (Phi) is 6.02. The van der Waals surface area contributed by atoms with Gasteiger partial charge in [-0.05, 0) is 51.0 Å². The first kappa shape index (κ1) is 18.7. The highest BCUT2D eigenvalue weighted by molar-refractivity contribution is 7.10. The molecule has 0 saturated carbocycles. The lowest BCUT2D eigenvalue weighted by molar-refractivity contribution is 0.286. The van der Waals surface area contributed by atoms with E-state index in [1.165, 1.54) is 21.9 Å². The van der Waals surface area contributed by atoms with Crippen molar-refractivity contribution >= 4 is 22.1 Å². The standard InChI is InChI=1S/C24H23NO2S/c26-17-24-23(11-14-28-24)22-8-4-3-7-20(22)16-25-12-13-27-21-10-9-18-5-1-2-6-19(18)15-21/h1-11,14-15,25-26H,12-13,16-17H2. The van der Waals surface area contributed by atoms with Crippen LogP contribution in [0.15, 0.2) is 78.2 Å². The van der Waals surface area contributed by atoms with Crippen molar-refractivity contribution in [1.82, 2.24) is 5.32 Å². The molecule has 0 aliphatic heterocycles. The fourth-order valence-corrected chi connectivity index (χ4v) is 4.11. The van der Waals surface area contributed by atoms with Crippen LogP contribution in [0.3, 0.4) is 0 Å². The minimum atomic E-state index is 0.0777. The summed E-state index contributed by atoms with van der Waals surface area (Å²) in [7, 11) is 0. The third-order valence-corrected chi connectivity index (χ3v) is 5.69. The van der Waals surface area contributed by atoms with Crippen molar-refractivity contribution in [3.63, 3.8) is 0 Å². The molecule has 1 aromatic heterocycles. The topological polar surface area (TPSA) is 41.5 Å². The second-order valence-electron chi connectivity index (χ2n) is 6.61. The average Bonchev–Trinajstić information content (AvgIpc) is 3.22. The van der Waals surface area contributed by atoms with Gasteiger partial charge in [0.25, 0.3) is 0 Å². The molecular formula is C24H23NO2S. The Hall–Kier alpha value is -2.66. The van der Waals surface area contributed by atoms with E-state index in [1.54, 1.807) is 11.3 Å². The van der Waals surface area contributed by atoms with Crippen LogP contribution >= 0.6 is 11.3 Å². The largest absolute Gasteiger partial charge is 0.492 e. The van der Waals surface area contributed by atoms with Crippen molar-refractivity contribution in [2.45, 2.75) is 13.2 Å². The van der Waals surface area contributed by atoms with E-state index >= 15 is 0 Å². The summed E-state index contributed by atoms with van der Waals surface area (Å²) in [5, 5.41) is 17.5. The Balaban J connectivity index is 1.33. The molecule has 0 bridgehead atoms. The molecule has 4 aromatic rings. The minimum absolute atomic E-state index is 0.0777. The lowest BCUT2D eigenvalue weighted by atomic mass is 10.0. The van der Waals surface area contributed by atoms with Gasteiger partial charge in [-0.2, -0.15) is 0 Å². The van der Waals surface area contributed by atoms with Crippen molar-refractivity contribution in [3.05, 3.63) is 88.6 Å². The van der Waals surface area contributed by atoms with Crippen LogP contribution in [-0.4, -0.2) is 18.3 Å². The highest BCUT2D eigenvalue weighted by Gasteiger charge is 2.09. The van der Waals surface area contributed by atoms with Gasteiger partial charge in [0.1, 0.15) is 12.4 Å². The Labute approximate surface area is 169 Å². The van der Waals surface area contributed by atoms with E-state index < -0.39 is 0 Å². The first-order chi connectivity index (χ1) is 13.8. The highest BCUT2D eigenvalue weighted by atomic mass is 32.1. The van der Waals surface area contributed by atoms with Crippen molar-refractivity contribution in [2.75, 3.05) is 13.2 Å². The van der Waals surface area contributed by atoms with Gasteiger partial charge in [0.2, 0.25) is 0 Å². The number of nitrogens with one attached hydrogen (secondary N) is 1. The molecule has 0 unspecified atom stereocenters. The zero-order valence-corrected chi connectivity index (χ0v) is 16.4. The normalized spacial score (nSPS) is 11.0. The van der Waals surface area contributed by atoms with Crippen molar-refractivity contribution in [3.8, 4) is 16.9 Å².